The summed E-state index contributed by atoms with van der Waals surface area (Å²) in [7, 11) is 1.68. The van der Waals surface area contributed by atoms with Crippen LogP contribution in [0.3, 0.4) is 0 Å². The molecule has 1 aromatic carbocycles. The average Bonchev–Trinajstić information content (AvgIpc) is 3.26. The minimum absolute atomic E-state index is 0.254. The highest BCUT2D eigenvalue weighted by Gasteiger charge is 2.28. The number of nitrogens with zero attached hydrogens (tertiary/aromatic N) is 5. The molecule has 1 aliphatic rings. The first-order valence-electron chi connectivity index (χ1n) is 10.1. The molecule has 0 amide bonds. The molecule has 0 bridgehead atoms. The van der Waals surface area contributed by atoms with Gasteiger partial charge < -0.3 is 14.2 Å². The van der Waals surface area contributed by atoms with Crippen LogP contribution < -0.4 is 20.9 Å². The third-order valence-electron chi connectivity index (χ3n) is 5.39. The van der Waals surface area contributed by atoms with Crippen molar-refractivity contribution in [1.82, 2.24) is 18.7 Å². The first-order chi connectivity index (χ1) is 13.9. The van der Waals surface area contributed by atoms with Crippen LogP contribution in [-0.2, 0) is 20.1 Å². The van der Waals surface area contributed by atoms with Gasteiger partial charge in [0.25, 0.3) is 5.56 Å². The minimum Gasteiger partial charge on any atom is -0.494 e. The van der Waals surface area contributed by atoms with Crippen molar-refractivity contribution in [2.75, 3.05) is 18.1 Å². The van der Waals surface area contributed by atoms with Crippen molar-refractivity contribution in [2.45, 2.75) is 40.3 Å². The number of hydrogen-bond donors (Lipinski definition) is 0. The molecule has 8 nitrogen and oxygen atoms in total. The van der Waals surface area contributed by atoms with E-state index in [2.05, 4.69) is 23.7 Å². The van der Waals surface area contributed by atoms with E-state index in [9.17, 15) is 9.59 Å². The van der Waals surface area contributed by atoms with E-state index in [1.54, 1.807) is 7.05 Å². The number of anilines is 2. The van der Waals surface area contributed by atoms with Gasteiger partial charge in [-0.3, -0.25) is 13.9 Å². The molecule has 29 heavy (non-hydrogen) atoms. The van der Waals surface area contributed by atoms with Crippen LogP contribution in [0, 0.1) is 5.92 Å². The van der Waals surface area contributed by atoms with E-state index in [-0.39, 0.29) is 11.2 Å². The lowest BCUT2D eigenvalue weighted by Crippen LogP contribution is -2.40. The van der Waals surface area contributed by atoms with Crippen LogP contribution in [0.5, 0.6) is 5.75 Å². The van der Waals surface area contributed by atoms with Crippen molar-refractivity contribution >= 4 is 22.8 Å². The first-order valence-corrected chi connectivity index (χ1v) is 10.1. The monoisotopic (exact) mass is 397 g/mol. The van der Waals surface area contributed by atoms with E-state index < -0.39 is 0 Å². The topological polar surface area (TPSA) is 74.3 Å². The molecule has 0 unspecified atom stereocenters. The van der Waals surface area contributed by atoms with Gasteiger partial charge in [-0.1, -0.05) is 13.8 Å². The third-order valence-corrected chi connectivity index (χ3v) is 5.39. The number of fused-ring (bicyclic) bond motifs is 3. The van der Waals surface area contributed by atoms with Gasteiger partial charge in [0.1, 0.15) is 5.75 Å². The van der Waals surface area contributed by atoms with E-state index in [0.29, 0.717) is 42.7 Å². The van der Waals surface area contributed by atoms with E-state index in [1.165, 1.54) is 9.13 Å². The average molecular weight is 397 g/mol. The van der Waals surface area contributed by atoms with E-state index in [4.69, 9.17) is 4.74 Å². The maximum Gasteiger partial charge on any atom is 0.332 e. The summed E-state index contributed by atoms with van der Waals surface area (Å²) in [6.45, 7) is 8.53. The Morgan fingerprint density at radius 2 is 1.86 bits per heavy atom. The zero-order valence-electron chi connectivity index (χ0n) is 17.4. The molecular formula is C21H27N5O3. The molecular weight excluding hydrogens is 370 g/mol. The summed E-state index contributed by atoms with van der Waals surface area (Å²) in [5, 5.41) is 0. The molecule has 3 aromatic rings. The lowest BCUT2D eigenvalue weighted by molar-refractivity contribution is 0.340. The van der Waals surface area contributed by atoms with Gasteiger partial charge in [-0.05, 0) is 43.5 Å². The van der Waals surface area contributed by atoms with Crippen LogP contribution in [0.2, 0.25) is 0 Å². The van der Waals surface area contributed by atoms with E-state index in [0.717, 1.165) is 24.4 Å². The van der Waals surface area contributed by atoms with Crippen molar-refractivity contribution < 1.29 is 4.74 Å². The maximum absolute atomic E-state index is 13.1. The maximum atomic E-state index is 13.1. The molecule has 0 atom stereocenters. The van der Waals surface area contributed by atoms with Gasteiger partial charge in [-0.25, -0.2) is 4.79 Å². The lowest BCUT2D eigenvalue weighted by Gasteiger charge is -2.16. The van der Waals surface area contributed by atoms with Gasteiger partial charge in [-0.2, -0.15) is 4.98 Å². The molecule has 0 spiro atoms. The van der Waals surface area contributed by atoms with Gasteiger partial charge in [0, 0.05) is 32.4 Å². The Balaban J connectivity index is 1.80. The number of ether oxygens (including phenoxy) is 1. The Bertz CT molecular complexity index is 1150. The Labute approximate surface area is 169 Å². The summed E-state index contributed by atoms with van der Waals surface area (Å²) in [4.78, 5) is 32.6. The molecule has 1 aliphatic heterocycles. The van der Waals surface area contributed by atoms with Crippen molar-refractivity contribution in [3.63, 3.8) is 0 Å². The number of aromatic nitrogens is 4. The molecule has 0 saturated carbocycles. The van der Waals surface area contributed by atoms with Crippen LogP contribution in [0.25, 0.3) is 11.2 Å². The fraction of sp³-hybridized carbons (Fsp3) is 0.476. The fourth-order valence-electron chi connectivity index (χ4n) is 3.80. The van der Waals surface area contributed by atoms with Gasteiger partial charge in [0.2, 0.25) is 5.95 Å². The number of imidazole rings is 1. The smallest absolute Gasteiger partial charge is 0.332 e. The fourth-order valence-corrected chi connectivity index (χ4v) is 3.80. The summed E-state index contributed by atoms with van der Waals surface area (Å²) in [6.07, 6.45) is 0.778. The van der Waals surface area contributed by atoms with E-state index >= 15 is 0 Å². The molecule has 0 N–H and O–H groups in total. The Morgan fingerprint density at radius 3 is 2.52 bits per heavy atom. The molecule has 4 rings (SSSR count). The number of benzene rings is 1. The summed E-state index contributed by atoms with van der Waals surface area (Å²) >= 11 is 0. The highest BCUT2D eigenvalue weighted by molar-refractivity contribution is 5.77. The summed E-state index contributed by atoms with van der Waals surface area (Å²) in [5.74, 6) is 1.92. The molecule has 0 saturated heterocycles. The SMILES string of the molecule is CCOc1ccc(N2CCn3c2nc2c3c(=O)n(CCC(C)C)c(=O)n2C)cc1. The number of hydrogen-bond acceptors (Lipinski definition) is 5. The highest BCUT2D eigenvalue weighted by Crippen LogP contribution is 2.32. The minimum atomic E-state index is -0.312. The predicted molar refractivity (Wildman–Crippen MR) is 113 cm³/mol. The Morgan fingerprint density at radius 1 is 1.14 bits per heavy atom. The molecule has 0 radical (unpaired) electrons. The van der Waals surface area contributed by atoms with Crippen LogP contribution >= 0.6 is 0 Å². The third kappa shape index (κ3) is 3.22. The molecule has 2 aromatic heterocycles. The number of rotatable bonds is 6. The molecule has 3 heterocycles. The van der Waals surface area contributed by atoms with Crippen molar-refractivity contribution in [3.05, 3.63) is 45.1 Å². The Kier molecular flexibility index (Phi) is 4.94. The quantitative estimate of drug-likeness (QED) is 0.639. The summed E-state index contributed by atoms with van der Waals surface area (Å²) < 4.78 is 10.3. The lowest BCUT2D eigenvalue weighted by atomic mass is 10.1. The molecule has 154 valence electrons. The van der Waals surface area contributed by atoms with Crippen molar-refractivity contribution in [2.24, 2.45) is 13.0 Å². The van der Waals surface area contributed by atoms with Crippen LogP contribution in [0.1, 0.15) is 27.2 Å². The van der Waals surface area contributed by atoms with Crippen molar-refractivity contribution in [1.29, 1.82) is 0 Å². The predicted octanol–water partition coefficient (Wildman–Crippen LogP) is 2.49. The van der Waals surface area contributed by atoms with E-state index in [1.807, 2.05) is 35.8 Å². The molecule has 8 heteroatoms. The van der Waals surface area contributed by atoms with Crippen molar-refractivity contribution in [3.8, 4) is 5.75 Å². The Hall–Kier alpha value is -3.03. The second kappa shape index (κ2) is 7.42. The zero-order chi connectivity index (χ0) is 20.7. The number of aryl methyl sites for hydroxylation is 1. The van der Waals surface area contributed by atoms with Gasteiger partial charge in [-0.15, -0.1) is 0 Å². The second-order valence-corrected chi connectivity index (χ2v) is 7.80. The molecule has 0 fully saturated rings. The largest absolute Gasteiger partial charge is 0.494 e. The summed E-state index contributed by atoms with van der Waals surface area (Å²) in [6, 6.07) is 7.83. The van der Waals surface area contributed by atoms with Gasteiger partial charge >= 0.3 is 5.69 Å². The van der Waals surface area contributed by atoms with Crippen LogP contribution in [-0.4, -0.2) is 31.8 Å². The van der Waals surface area contributed by atoms with Crippen LogP contribution in [0.4, 0.5) is 11.6 Å². The standard InChI is InChI=1S/C21H27N5O3/c1-5-29-16-8-6-15(7-9-16)24-12-13-25-17-18(22-20(24)25)23(4)21(28)26(19(17)27)11-10-14(2)3/h6-9,14H,5,10-13H2,1-4H3. The zero-order valence-corrected chi connectivity index (χ0v) is 17.4. The first kappa shape index (κ1) is 19.3. The van der Waals surface area contributed by atoms with Gasteiger partial charge in [0.05, 0.1) is 6.61 Å². The molecule has 0 aliphatic carbocycles. The highest BCUT2D eigenvalue weighted by atomic mass is 16.5. The van der Waals surface area contributed by atoms with Gasteiger partial charge in [0.15, 0.2) is 11.2 Å². The normalized spacial score (nSPS) is 13.5. The van der Waals surface area contributed by atoms with Crippen LogP contribution in [0.15, 0.2) is 33.9 Å². The summed E-state index contributed by atoms with van der Waals surface area (Å²) in [5.41, 5.74) is 1.35. The second-order valence-electron chi connectivity index (χ2n) is 7.80.